The Hall–Kier alpha value is -1.09. The molecule has 0 amide bonds. The Balaban J connectivity index is 2.73. The Morgan fingerprint density at radius 2 is 1.74 bits per heavy atom. The van der Waals surface area contributed by atoms with Crippen molar-refractivity contribution < 1.29 is 9.22 Å². The minimum atomic E-state index is -0.925. The summed E-state index contributed by atoms with van der Waals surface area (Å²) in [4.78, 5) is 11.6. The van der Waals surface area contributed by atoms with Crippen LogP contribution in [0.25, 0.3) is 0 Å². The predicted octanol–water partition coefficient (Wildman–Crippen LogP) is 5.65. The van der Waals surface area contributed by atoms with E-state index in [0.29, 0.717) is 5.56 Å². The van der Waals surface area contributed by atoms with Crippen LogP contribution in [0.1, 0.15) is 81.3 Å². The van der Waals surface area contributed by atoms with Crippen molar-refractivity contribution in [3.63, 3.8) is 0 Å². The van der Waals surface area contributed by atoms with Crippen LogP contribution in [0.2, 0.25) is 13.1 Å². The minimum absolute atomic E-state index is 0.0453. The van der Waals surface area contributed by atoms with Gasteiger partial charge in [-0.3, -0.25) is 4.79 Å². The highest BCUT2D eigenvalue weighted by Gasteiger charge is 2.37. The number of rotatable bonds is 4. The van der Waals surface area contributed by atoms with Crippen molar-refractivity contribution in [3.05, 3.63) is 28.8 Å². The second kappa shape index (κ2) is 6.80. The van der Waals surface area contributed by atoms with Gasteiger partial charge in [-0.15, -0.1) is 0 Å². The summed E-state index contributed by atoms with van der Waals surface area (Å²) in [7, 11) is -0.925. The summed E-state index contributed by atoms with van der Waals surface area (Å²) in [6.45, 7) is 13.4. The van der Waals surface area contributed by atoms with Crippen LogP contribution in [-0.2, 0) is 10.8 Å². The number of hydrogen-bond acceptors (Lipinski definition) is 2. The van der Waals surface area contributed by atoms with E-state index in [9.17, 15) is 4.79 Å². The molecule has 0 aromatic heterocycles. The molecule has 23 heavy (non-hydrogen) atoms. The van der Waals surface area contributed by atoms with Crippen LogP contribution in [0, 0.1) is 0 Å². The summed E-state index contributed by atoms with van der Waals surface area (Å²) in [5, 5.41) is 0. The van der Waals surface area contributed by atoms with E-state index >= 15 is 0 Å². The van der Waals surface area contributed by atoms with Crippen molar-refractivity contribution in [1.82, 2.24) is 0 Å². The summed E-state index contributed by atoms with van der Waals surface area (Å²) in [5.41, 5.74) is 3.52. The largest absolute Gasteiger partial charge is 0.542 e. The lowest BCUT2D eigenvalue weighted by Gasteiger charge is -2.40. The highest BCUT2D eigenvalue weighted by atomic mass is 28.3. The third-order valence-electron chi connectivity index (χ3n) is 4.99. The highest BCUT2D eigenvalue weighted by Crippen LogP contribution is 2.48. The van der Waals surface area contributed by atoms with Crippen molar-refractivity contribution in [1.29, 1.82) is 0 Å². The maximum Gasteiger partial charge on any atom is 0.274 e. The van der Waals surface area contributed by atoms with E-state index in [1.807, 2.05) is 6.07 Å². The first-order valence-electron chi connectivity index (χ1n) is 8.80. The molecule has 1 aromatic carbocycles. The van der Waals surface area contributed by atoms with Gasteiger partial charge < -0.3 is 4.43 Å². The zero-order chi connectivity index (χ0) is 17.3. The molecule has 127 valence electrons. The lowest BCUT2D eigenvalue weighted by molar-refractivity contribution is 0.112. The van der Waals surface area contributed by atoms with Crippen molar-refractivity contribution in [2.45, 2.75) is 83.7 Å². The van der Waals surface area contributed by atoms with Crippen LogP contribution in [0.3, 0.4) is 0 Å². The SMILES string of the molecule is C[Si](C)Oc1c(C=O)ccc(C(C)(C)C)c1C1(C)CCCCC1. The fourth-order valence-corrected chi connectivity index (χ4v) is 4.44. The molecule has 1 aliphatic carbocycles. The van der Waals surface area contributed by atoms with Crippen LogP contribution >= 0.6 is 0 Å². The van der Waals surface area contributed by atoms with E-state index in [4.69, 9.17) is 4.43 Å². The van der Waals surface area contributed by atoms with Gasteiger partial charge >= 0.3 is 0 Å². The molecule has 0 spiro atoms. The van der Waals surface area contributed by atoms with Crippen LogP contribution in [0.5, 0.6) is 5.75 Å². The zero-order valence-electron chi connectivity index (χ0n) is 15.6. The molecular formula is C20H31O2Si. The average molecular weight is 332 g/mol. The first-order valence-corrected chi connectivity index (χ1v) is 11.2. The minimum Gasteiger partial charge on any atom is -0.542 e. The smallest absolute Gasteiger partial charge is 0.274 e. The summed E-state index contributed by atoms with van der Waals surface area (Å²) < 4.78 is 6.29. The molecule has 0 N–H and O–H groups in total. The molecule has 0 atom stereocenters. The molecule has 1 fully saturated rings. The topological polar surface area (TPSA) is 26.3 Å². The van der Waals surface area contributed by atoms with E-state index < -0.39 is 9.04 Å². The van der Waals surface area contributed by atoms with Gasteiger partial charge in [-0.25, -0.2) is 0 Å². The molecule has 1 aliphatic rings. The second-order valence-corrected chi connectivity index (χ2v) is 10.4. The van der Waals surface area contributed by atoms with E-state index in [1.54, 1.807) is 0 Å². The Morgan fingerprint density at radius 1 is 1.13 bits per heavy atom. The van der Waals surface area contributed by atoms with Crippen LogP contribution < -0.4 is 4.43 Å². The predicted molar refractivity (Wildman–Crippen MR) is 99.1 cm³/mol. The molecular weight excluding hydrogens is 300 g/mol. The Labute approximate surface area is 143 Å². The summed E-state index contributed by atoms with van der Waals surface area (Å²) in [5.74, 6) is 0.871. The molecule has 1 saturated carbocycles. The normalized spacial score (nSPS) is 18.0. The Bertz CT molecular complexity index is 564. The lowest BCUT2D eigenvalue weighted by Crippen LogP contribution is -2.31. The van der Waals surface area contributed by atoms with Gasteiger partial charge in [-0.05, 0) is 48.4 Å². The van der Waals surface area contributed by atoms with Crippen molar-refractivity contribution in [3.8, 4) is 5.75 Å². The molecule has 1 radical (unpaired) electrons. The van der Waals surface area contributed by atoms with E-state index in [0.717, 1.165) is 12.0 Å². The lowest BCUT2D eigenvalue weighted by atomic mass is 9.66. The molecule has 2 rings (SSSR count). The number of benzene rings is 1. The molecule has 0 bridgehead atoms. The number of aldehydes is 1. The number of hydrogen-bond donors (Lipinski definition) is 0. The third-order valence-corrected chi connectivity index (χ3v) is 5.60. The Morgan fingerprint density at radius 3 is 2.22 bits per heavy atom. The molecule has 0 aliphatic heterocycles. The van der Waals surface area contributed by atoms with Crippen LogP contribution in [-0.4, -0.2) is 15.3 Å². The molecule has 2 nitrogen and oxygen atoms in total. The maximum atomic E-state index is 11.6. The zero-order valence-corrected chi connectivity index (χ0v) is 16.6. The maximum absolute atomic E-state index is 11.6. The van der Waals surface area contributed by atoms with Crippen LogP contribution in [0.15, 0.2) is 12.1 Å². The molecule has 0 heterocycles. The van der Waals surface area contributed by atoms with E-state index in [1.165, 1.54) is 43.2 Å². The van der Waals surface area contributed by atoms with Gasteiger partial charge in [0.1, 0.15) is 5.75 Å². The third kappa shape index (κ3) is 3.88. The van der Waals surface area contributed by atoms with Gasteiger partial charge in [-0.2, -0.15) is 0 Å². The fourth-order valence-electron chi connectivity index (χ4n) is 3.81. The summed E-state index contributed by atoms with van der Waals surface area (Å²) >= 11 is 0. The molecule has 3 heteroatoms. The molecule has 1 aromatic rings. The van der Waals surface area contributed by atoms with Crippen molar-refractivity contribution >= 4 is 15.3 Å². The van der Waals surface area contributed by atoms with E-state index in [2.05, 4.69) is 46.9 Å². The Kier molecular flexibility index (Phi) is 5.39. The van der Waals surface area contributed by atoms with Gasteiger partial charge in [0.2, 0.25) is 0 Å². The first kappa shape index (κ1) is 18.2. The van der Waals surface area contributed by atoms with Gasteiger partial charge in [0, 0.05) is 5.56 Å². The van der Waals surface area contributed by atoms with Crippen molar-refractivity contribution in [2.24, 2.45) is 0 Å². The van der Waals surface area contributed by atoms with Gasteiger partial charge in [0.15, 0.2) is 6.29 Å². The van der Waals surface area contributed by atoms with E-state index in [-0.39, 0.29) is 10.8 Å². The quantitative estimate of drug-likeness (QED) is 0.526. The highest BCUT2D eigenvalue weighted by molar-refractivity contribution is 6.49. The average Bonchev–Trinajstić information content (AvgIpc) is 2.45. The second-order valence-electron chi connectivity index (χ2n) is 8.41. The van der Waals surface area contributed by atoms with Crippen LogP contribution in [0.4, 0.5) is 0 Å². The van der Waals surface area contributed by atoms with Gasteiger partial charge in [0.25, 0.3) is 9.04 Å². The fraction of sp³-hybridized carbons (Fsp3) is 0.650. The number of carbonyl (C=O) groups excluding carboxylic acids is 1. The van der Waals surface area contributed by atoms with Crippen molar-refractivity contribution in [2.75, 3.05) is 0 Å². The number of carbonyl (C=O) groups is 1. The summed E-state index contributed by atoms with van der Waals surface area (Å²) in [6, 6.07) is 4.10. The first-order chi connectivity index (χ1) is 10.7. The van der Waals surface area contributed by atoms with Gasteiger partial charge in [0.05, 0.1) is 5.56 Å². The standard InChI is InChI=1S/C20H31O2Si/c1-19(2,3)16-11-10-15(14-21)18(22-23(5)6)17(16)20(4)12-8-7-9-13-20/h10-11,14H,7-9,12-13H2,1-6H3. The molecule has 0 unspecified atom stereocenters. The van der Waals surface area contributed by atoms with Gasteiger partial charge in [-0.1, -0.05) is 53.0 Å². The molecule has 0 saturated heterocycles. The summed E-state index contributed by atoms with van der Waals surface area (Å²) in [6.07, 6.45) is 7.18. The monoisotopic (exact) mass is 331 g/mol.